The molecular weight excluding hydrogens is 254 g/mol. The average molecular weight is 279 g/mol. The van der Waals surface area contributed by atoms with Gasteiger partial charge < -0.3 is 10.0 Å². The van der Waals surface area contributed by atoms with Gasteiger partial charge in [-0.2, -0.15) is 5.10 Å². The van der Waals surface area contributed by atoms with Crippen LogP contribution >= 0.6 is 0 Å². The van der Waals surface area contributed by atoms with E-state index in [1.807, 2.05) is 15.6 Å². The van der Waals surface area contributed by atoms with Crippen LogP contribution in [0, 0.1) is 5.92 Å². The molecule has 0 radical (unpaired) electrons. The van der Waals surface area contributed by atoms with Gasteiger partial charge in [-0.3, -0.25) is 9.48 Å². The molecule has 1 amide bonds. The van der Waals surface area contributed by atoms with Crippen LogP contribution in [0.5, 0.6) is 0 Å². The number of rotatable bonds is 5. The maximum atomic E-state index is 12.7. The molecule has 1 aliphatic rings. The van der Waals surface area contributed by atoms with E-state index in [0.29, 0.717) is 12.2 Å². The lowest BCUT2D eigenvalue weighted by molar-refractivity contribution is 0.0605. The molecule has 5 nitrogen and oxygen atoms in total. The molecule has 0 spiro atoms. The standard InChI is InChI=1S/C15H25N3O2/c1-3-13(4-2)18-14(7-8-16-18)15(20)17-9-5-6-12(10-17)11-19/h7-8,12-13,19H,3-6,9-11H2,1-2H3. The van der Waals surface area contributed by atoms with Crippen LogP contribution in [0.2, 0.25) is 0 Å². The first-order valence-corrected chi connectivity index (χ1v) is 7.64. The summed E-state index contributed by atoms with van der Waals surface area (Å²) in [7, 11) is 0. The number of carbonyl (C=O) groups is 1. The van der Waals surface area contributed by atoms with Crippen molar-refractivity contribution in [1.82, 2.24) is 14.7 Å². The molecule has 1 N–H and O–H groups in total. The topological polar surface area (TPSA) is 58.4 Å². The summed E-state index contributed by atoms with van der Waals surface area (Å²) in [5.41, 5.74) is 0.678. The van der Waals surface area contributed by atoms with Crippen molar-refractivity contribution in [2.75, 3.05) is 19.7 Å². The minimum Gasteiger partial charge on any atom is -0.396 e. The Morgan fingerprint density at radius 3 is 2.90 bits per heavy atom. The largest absolute Gasteiger partial charge is 0.396 e. The summed E-state index contributed by atoms with van der Waals surface area (Å²) in [5, 5.41) is 13.6. The summed E-state index contributed by atoms with van der Waals surface area (Å²) in [4.78, 5) is 14.5. The van der Waals surface area contributed by atoms with E-state index in [1.54, 1.807) is 6.20 Å². The molecule has 5 heteroatoms. The number of amides is 1. The number of likely N-dealkylation sites (tertiary alicyclic amines) is 1. The van der Waals surface area contributed by atoms with E-state index in [9.17, 15) is 9.90 Å². The summed E-state index contributed by atoms with van der Waals surface area (Å²) < 4.78 is 1.87. The molecule has 1 saturated heterocycles. The molecule has 1 atom stereocenters. The maximum absolute atomic E-state index is 12.7. The molecule has 0 bridgehead atoms. The number of hydrogen-bond donors (Lipinski definition) is 1. The zero-order valence-corrected chi connectivity index (χ0v) is 12.5. The van der Waals surface area contributed by atoms with Crippen LogP contribution in [0.1, 0.15) is 56.1 Å². The number of piperidine rings is 1. The fraction of sp³-hybridized carbons (Fsp3) is 0.733. The van der Waals surface area contributed by atoms with Crippen molar-refractivity contribution in [3.05, 3.63) is 18.0 Å². The van der Waals surface area contributed by atoms with Gasteiger partial charge in [-0.05, 0) is 37.7 Å². The number of aliphatic hydroxyl groups is 1. The van der Waals surface area contributed by atoms with Crippen molar-refractivity contribution in [3.63, 3.8) is 0 Å². The molecule has 112 valence electrons. The van der Waals surface area contributed by atoms with Crippen molar-refractivity contribution in [2.24, 2.45) is 5.92 Å². The van der Waals surface area contributed by atoms with E-state index >= 15 is 0 Å². The second-order valence-electron chi connectivity index (χ2n) is 5.57. The second kappa shape index (κ2) is 6.88. The normalized spacial score (nSPS) is 19.6. The van der Waals surface area contributed by atoms with E-state index in [0.717, 1.165) is 32.2 Å². The summed E-state index contributed by atoms with van der Waals surface area (Å²) >= 11 is 0. The van der Waals surface area contributed by atoms with Crippen LogP contribution in [-0.4, -0.2) is 45.4 Å². The molecule has 2 heterocycles. The molecule has 1 aromatic rings. The summed E-state index contributed by atoms with van der Waals surface area (Å²) in [5.74, 6) is 0.268. The molecule has 2 rings (SSSR count). The Hall–Kier alpha value is -1.36. The third-order valence-corrected chi connectivity index (χ3v) is 4.24. The fourth-order valence-corrected chi connectivity index (χ4v) is 2.97. The first kappa shape index (κ1) is 15.0. The Kier molecular flexibility index (Phi) is 5.17. The predicted molar refractivity (Wildman–Crippen MR) is 77.6 cm³/mol. The number of carbonyl (C=O) groups excluding carboxylic acids is 1. The molecule has 0 aromatic carbocycles. The maximum Gasteiger partial charge on any atom is 0.272 e. The van der Waals surface area contributed by atoms with Gasteiger partial charge in [0.25, 0.3) is 5.91 Å². The second-order valence-corrected chi connectivity index (χ2v) is 5.57. The Balaban J connectivity index is 2.15. The molecular formula is C15H25N3O2. The highest BCUT2D eigenvalue weighted by molar-refractivity contribution is 5.92. The number of aliphatic hydroxyl groups excluding tert-OH is 1. The van der Waals surface area contributed by atoms with E-state index in [4.69, 9.17) is 0 Å². The van der Waals surface area contributed by atoms with E-state index in [1.165, 1.54) is 0 Å². The van der Waals surface area contributed by atoms with Crippen LogP contribution < -0.4 is 0 Å². The molecule has 1 unspecified atom stereocenters. The number of hydrogen-bond acceptors (Lipinski definition) is 3. The minimum atomic E-state index is 0.0487. The zero-order chi connectivity index (χ0) is 14.5. The monoisotopic (exact) mass is 279 g/mol. The van der Waals surface area contributed by atoms with Crippen LogP contribution in [0.3, 0.4) is 0 Å². The molecule has 20 heavy (non-hydrogen) atoms. The lowest BCUT2D eigenvalue weighted by Crippen LogP contribution is -2.41. The smallest absolute Gasteiger partial charge is 0.272 e. The summed E-state index contributed by atoms with van der Waals surface area (Å²) in [6.45, 7) is 5.84. The summed E-state index contributed by atoms with van der Waals surface area (Å²) in [6, 6.07) is 2.09. The Morgan fingerprint density at radius 1 is 1.50 bits per heavy atom. The van der Waals surface area contributed by atoms with Crippen LogP contribution in [-0.2, 0) is 0 Å². The Morgan fingerprint density at radius 2 is 2.25 bits per heavy atom. The Bertz CT molecular complexity index is 440. The van der Waals surface area contributed by atoms with Crippen LogP contribution in [0.4, 0.5) is 0 Å². The zero-order valence-electron chi connectivity index (χ0n) is 12.5. The van der Waals surface area contributed by atoms with Crippen molar-refractivity contribution >= 4 is 5.91 Å². The summed E-state index contributed by atoms with van der Waals surface area (Å²) in [6.07, 6.45) is 5.62. The van der Waals surface area contributed by atoms with Gasteiger partial charge in [0.05, 0.1) is 6.04 Å². The van der Waals surface area contributed by atoms with Gasteiger partial charge in [0.1, 0.15) is 5.69 Å². The van der Waals surface area contributed by atoms with Crippen LogP contribution in [0.25, 0.3) is 0 Å². The molecule has 1 aromatic heterocycles. The SMILES string of the molecule is CCC(CC)n1nccc1C(=O)N1CCCC(CO)C1. The molecule has 1 aliphatic heterocycles. The quantitative estimate of drug-likeness (QED) is 0.898. The predicted octanol–water partition coefficient (Wildman–Crippen LogP) is 2.09. The molecule has 0 aliphatic carbocycles. The molecule has 1 fully saturated rings. The highest BCUT2D eigenvalue weighted by Crippen LogP contribution is 2.21. The van der Waals surface area contributed by atoms with E-state index < -0.39 is 0 Å². The minimum absolute atomic E-state index is 0.0487. The third-order valence-electron chi connectivity index (χ3n) is 4.24. The average Bonchev–Trinajstić information content (AvgIpc) is 2.97. The van der Waals surface area contributed by atoms with E-state index in [-0.39, 0.29) is 24.5 Å². The van der Waals surface area contributed by atoms with Crippen molar-refractivity contribution in [3.8, 4) is 0 Å². The number of aromatic nitrogens is 2. The first-order valence-electron chi connectivity index (χ1n) is 7.64. The van der Waals surface area contributed by atoms with Crippen molar-refractivity contribution < 1.29 is 9.90 Å². The highest BCUT2D eigenvalue weighted by Gasteiger charge is 2.27. The van der Waals surface area contributed by atoms with E-state index in [2.05, 4.69) is 18.9 Å². The lowest BCUT2D eigenvalue weighted by Gasteiger charge is -2.32. The highest BCUT2D eigenvalue weighted by atomic mass is 16.3. The van der Waals surface area contributed by atoms with Gasteiger partial charge in [-0.15, -0.1) is 0 Å². The first-order chi connectivity index (χ1) is 9.71. The fourth-order valence-electron chi connectivity index (χ4n) is 2.97. The van der Waals surface area contributed by atoms with Crippen LogP contribution in [0.15, 0.2) is 12.3 Å². The van der Waals surface area contributed by atoms with Gasteiger partial charge in [0.2, 0.25) is 0 Å². The molecule has 0 saturated carbocycles. The van der Waals surface area contributed by atoms with Crippen molar-refractivity contribution in [1.29, 1.82) is 0 Å². The van der Waals surface area contributed by atoms with Gasteiger partial charge in [-0.1, -0.05) is 13.8 Å². The van der Waals surface area contributed by atoms with Crippen molar-refractivity contribution in [2.45, 2.75) is 45.6 Å². The lowest BCUT2D eigenvalue weighted by atomic mass is 9.99. The van der Waals surface area contributed by atoms with Gasteiger partial charge in [0.15, 0.2) is 0 Å². The number of nitrogens with zero attached hydrogens (tertiary/aromatic N) is 3. The van der Waals surface area contributed by atoms with Gasteiger partial charge >= 0.3 is 0 Å². The van der Waals surface area contributed by atoms with Gasteiger partial charge in [0, 0.05) is 25.9 Å². The van der Waals surface area contributed by atoms with Gasteiger partial charge in [-0.25, -0.2) is 0 Å². The third kappa shape index (κ3) is 3.03. The Labute approximate surface area is 120 Å².